The van der Waals surface area contributed by atoms with Crippen LogP contribution in [0.2, 0.25) is 0 Å². The van der Waals surface area contributed by atoms with E-state index in [4.69, 9.17) is 4.74 Å². The number of carbonyl (C=O) groups is 2. The Bertz CT molecular complexity index is 973. The first-order valence-corrected chi connectivity index (χ1v) is 7.90. The maximum Gasteiger partial charge on any atom is 0.325 e. The molecule has 0 fully saturated rings. The van der Waals surface area contributed by atoms with Crippen molar-refractivity contribution in [2.45, 2.75) is 6.54 Å². The van der Waals surface area contributed by atoms with Crippen LogP contribution >= 0.6 is 11.3 Å². The van der Waals surface area contributed by atoms with Gasteiger partial charge in [0.2, 0.25) is 0 Å². The lowest BCUT2D eigenvalue weighted by Crippen LogP contribution is -2.22. The summed E-state index contributed by atoms with van der Waals surface area (Å²) in [5.41, 5.74) is 1.07. The zero-order chi connectivity index (χ0) is 17.1. The van der Waals surface area contributed by atoms with Crippen LogP contribution in [0.25, 0.3) is 10.2 Å². The van der Waals surface area contributed by atoms with E-state index in [-0.39, 0.29) is 12.1 Å². The van der Waals surface area contributed by atoms with E-state index in [0.717, 1.165) is 10.2 Å². The number of halogens is 1. The molecule has 0 aliphatic carbocycles. The molecule has 0 aliphatic rings. The van der Waals surface area contributed by atoms with Crippen LogP contribution in [0, 0.1) is 5.82 Å². The van der Waals surface area contributed by atoms with Gasteiger partial charge in [0.05, 0.1) is 17.3 Å². The van der Waals surface area contributed by atoms with Gasteiger partial charge in [-0.25, -0.2) is 4.39 Å². The monoisotopic (exact) mass is 344 g/mol. The molecule has 1 heterocycles. The van der Waals surface area contributed by atoms with Crippen LogP contribution in [0.3, 0.4) is 0 Å². The molecule has 122 valence electrons. The molecule has 3 rings (SSSR count). The van der Waals surface area contributed by atoms with Crippen LogP contribution in [0.15, 0.2) is 53.5 Å². The summed E-state index contributed by atoms with van der Waals surface area (Å²) in [5, 5.41) is 0. The molecule has 0 radical (unpaired) electrons. The number of benzene rings is 2. The molecule has 3 aromatic rings. The second-order valence-corrected chi connectivity index (χ2v) is 5.95. The van der Waals surface area contributed by atoms with Gasteiger partial charge in [0.1, 0.15) is 12.4 Å². The second-order valence-electron chi connectivity index (χ2n) is 4.94. The van der Waals surface area contributed by atoms with E-state index >= 15 is 0 Å². The molecule has 0 spiro atoms. The Morgan fingerprint density at radius 2 is 1.88 bits per heavy atom. The third-order valence-corrected chi connectivity index (χ3v) is 4.45. The highest BCUT2D eigenvalue weighted by molar-refractivity contribution is 7.16. The Hall–Kier alpha value is -2.80. The zero-order valence-corrected chi connectivity index (χ0v) is 13.5. The largest absolute Gasteiger partial charge is 0.468 e. The van der Waals surface area contributed by atoms with Gasteiger partial charge in [-0.05, 0) is 36.4 Å². The van der Waals surface area contributed by atoms with Gasteiger partial charge >= 0.3 is 5.97 Å². The minimum atomic E-state index is -0.500. The van der Waals surface area contributed by atoms with Gasteiger partial charge in [-0.1, -0.05) is 23.5 Å². The van der Waals surface area contributed by atoms with Crippen molar-refractivity contribution in [3.63, 3.8) is 0 Å². The lowest BCUT2D eigenvalue weighted by atomic mass is 10.2. The van der Waals surface area contributed by atoms with Gasteiger partial charge in [0.25, 0.3) is 5.91 Å². The first kappa shape index (κ1) is 16.1. The number of carbonyl (C=O) groups excluding carboxylic acids is 2. The van der Waals surface area contributed by atoms with Gasteiger partial charge < -0.3 is 9.30 Å². The molecular weight excluding hydrogens is 331 g/mol. The van der Waals surface area contributed by atoms with E-state index < -0.39 is 17.7 Å². The third-order valence-electron chi connectivity index (χ3n) is 3.39. The average Bonchev–Trinajstić information content (AvgIpc) is 2.92. The lowest BCUT2D eigenvalue weighted by Gasteiger charge is -2.03. The molecule has 1 aromatic heterocycles. The Morgan fingerprint density at radius 3 is 2.58 bits per heavy atom. The van der Waals surface area contributed by atoms with Crippen LogP contribution in [-0.2, 0) is 16.1 Å². The van der Waals surface area contributed by atoms with E-state index in [9.17, 15) is 14.0 Å². The summed E-state index contributed by atoms with van der Waals surface area (Å²) in [4.78, 5) is 28.4. The molecule has 0 saturated carbocycles. The fourth-order valence-electron chi connectivity index (χ4n) is 2.20. The fraction of sp³-hybridized carbons (Fsp3) is 0.118. The van der Waals surface area contributed by atoms with Crippen molar-refractivity contribution in [2.24, 2.45) is 4.99 Å². The van der Waals surface area contributed by atoms with Crippen molar-refractivity contribution < 1.29 is 18.7 Å². The topological polar surface area (TPSA) is 60.7 Å². The number of amides is 1. The molecule has 2 aromatic carbocycles. The summed E-state index contributed by atoms with van der Waals surface area (Å²) >= 11 is 1.30. The van der Waals surface area contributed by atoms with Crippen molar-refractivity contribution in [1.29, 1.82) is 0 Å². The van der Waals surface area contributed by atoms with Gasteiger partial charge in [0, 0.05) is 5.56 Å². The molecule has 0 bridgehead atoms. The molecule has 1 amide bonds. The Balaban J connectivity index is 2.10. The number of hydrogen-bond donors (Lipinski definition) is 0. The van der Waals surface area contributed by atoms with Crippen molar-refractivity contribution in [2.75, 3.05) is 7.11 Å². The molecule has 0 atom stereocenters. The third kappa shape index (κ3) is 3.26. The van der Waals surface area contributed by atoms with E-state index in [1.54, 1.807) is 4.57 Å². The second kappa shape index (κ2) is 6.76. The Labute approximate surface area is 140 Å². The summed E-state index contributed by atoms with van der Waals surface area (Å²) in [7, 11) is 1.30. The number of para-hydroxylation sites is 1. The van der Waals surface area contributed by atoms with E-state index in [2.05, 4.69) is 4.99 Å². The number of methoxy groups -OCH3 is 1. The zero-order valence-electron chi connectivity index (χ0n) is 12.7. The van der Waals surface area contributed by atoms with Crippen LogP contribution < -0.4 is 4.80 Å². The van der Waals surface area contributed by atoms with Crippen molar-refractivity contribution in [3.05, 3.63) is 64.7 Å². The van der Waals surface area contributed by atoms with Gasteiger partial charge in [-0.15, -0.1) is 0 Å². The fourth-order valence-corrected chi connectivity index (χ4v) is 3.22. The molecule has 24 heavy (non-hydrogen) atoms. The molecule has 5 nitrogen and oxygen atoms in total. The number of rotatable bonds is 3. The van der Waals surface area contributed by atoms with Crippen molar-refractivity contribution in [3.8, 4) is 0 Å². The number of aromatic nitrogens is 1. The molecule has 0 N–H and O–H groups in total. The van der Waals surface area contributed by atoms with E-state index in [1.807, 2.05) is 24.3 Å². The summed E-state index contributed by atoms with van der Waals surface area (Å²) < 4.78 is 20.2. The number of fused-ring (bicyclic) bond motifs is 1. The maximum absolute atomic E-state index is 13.0. The highest BCUT2D eigenvalue weighted by Gasteiger charge is 2.12. The Kier molecular flexibility index (Phi) is 4.52. The summed E-state index contributed by atoms with van der Waals surface area (Å²) in [6.45, 7) is -0.0456. The number of nitrogens with zero attached hydrogens (tertiary/aromatic N) is 2. The smallest absolute Gasteiger partial charge is 0.325 e. The molecule has 0 unspecified atom stereocenters. The van der Waals surface area contributed by atoms with Crippen LogP contribution in [0.4, 0.5) is 4.39 Å². The van der Waals surface area contributed by atoms with Crippen molar-refractivity contribution in [1.82, 2.24) is 4.57 Å². The van der Waals surface area contributed by atoms with Crippen molar-refractivity contribution >= 4 is 33.4 Å². The molecule has 7 heteroatoms. The summed E-state index contributed by atoms with van der Waals surface area (Å²) in [6.07, 6.45) is 0. The standard InChI is InChI=1S/C17H13FN2O3S/c1-23-15(21)10-20-13-4-2-3-5-14(13)24-17(20)19-16(22)11-6-8-12(18)9-7-11/h2-9H,10H2,1H3. The van der Waals surface area contributed by atoms with Gasteiger partial charge in [-0.3, -0.25) is 9.59 Å². The number of thiazole rings is 1. The first-order chi connectivity index (χ1) is 11.6. The minimum Gasteiger partial charge on any atom is -0.468 e. The highest BCUT2D eigenvalue weighted by atomic mass is 32.1. The molecule has 0 saturated heterocycles. The first-order valence-electron chi connectivity index (χ1n) is 7.08. The summed E-state index contributed by atoms with van der Waals surface area (Å²) in [6, 6.07) is 12.6. The SMILES string of the molecule is COC(=O)Cn1c(=NC(=O)c2ccc(F)cc2)sc2ccccc21. The Morgan fingerprint density at radius 1 is 1.17 bits per heavy atom. The van der Waals surface area contributed by atoms with E-state index in [0.29, 0.717) is 4.80 Å². The average molecular weight is 344 g/mol. The normalized spacial score (nSPS) is 11.7. The predicted molar refractivity (Wildman–Crippen MR) is 88.1 cm³/mol. The lowest BCUT2D eigenvalue weighted by molar-refractivity contribution is -0.141. The van der Waals surface area contributed by atoms with Gasteiger partial charge in [0.15, 0.2) is 4.80 Å². The summed E-state index contributed by atoms with van der Waals surface area (Å²) in [5.74, 6) is -1.36. The number of hydrogen-bond acceptors (Lipinski definition) is 4. The van der Waals surface area contributed by atoms with Crippen LogP contribution in [-0.4, -0.2) is 23.6 Å². The van der Waals surface area contributed by atoms with E-state index in [1.165, 1.54) is 42.7 Å². The minimum absolute atomic E-state index is 0.0456. The van der Waals surface area contributed by atoms with Gasteiger partial charge in [-0.2, -0.15) is 4.99 Å². The van der Waals surface area contributed by atoms with Crippen LogP contribution in [0.1, 0.15) is 10.4 Å². The quantitative estimate of drug-likeness (QED) is 0.687. The maximum atomic E-state index is 13.0. The predicted octanol–water partition coefficient (Wildman–Crippen LogP) is 2.76. The molecular formula is C17H13FN2O3S. The number of esters is 1. The highest BCUT2D eigenvalue weighted by Crippen LogP contribution is 2.17. The van der Waals surface area contributed by atoms with Crippen LogP contribution in [0.5, 0.6) is 0 Å². The molecule has 0 aliphatic heterocycles. The number of ether oxygens (including phenoxy) is 1.